The molecule has 1 aromatic carbocycles. The molecule has 0 bridgehead atoms. The Labute approximate surface area is 222 Å². The molecule has 1 saturated carbocycles. The summed E-state index contributed by atoms with van der Waals surface area (Å²) < 4.78 is 27.3. The third kappa shape index (κ3) is 4.66. The summed E-state index contributed by atoms with van der Waals surface area (Å²) in [6.07, 6.45) is 3.58. The van der Waals surface area contributed by atoms with E-state index in [1.807, 2.05) is 12.1 Å². The van der Waals surface area contributed by atoms with E-state index in [4.69, 9.17) is 0 Å². The van der Waals surface area contributed by atoms with E-state index in [0.29, 0.717) is 44.3 Å². The number of alkyl halides is 2. The number of hydrogen-bond donors (Lipinski definition) is 2. The van der Waals surface area contributed by atoms with Crippen LogP contribution in [-0.2, 0) is 21.7 Å². The number of hydrogen-bond acceptors (Lipinski definition) is 5. The molecule has 3 fully saturated rings. The van der Waals surface area contributed by atoms with Crippen LogP contribution in [0.15, 0.2) is 18.2 Å². The van der Waals surface area contributed by atoms with E-state index in [1.54, 1.807) is 6.07 Å². The Balaban J connectivity index is 1.34. The number of likely N-dealkylation sites (tertiary alicyclic amines) is 1. The quantitative estimate of drug-likeness (QED) is 0.543. The van der Waals surface area contributed by atoms with Gasteiger partial charge in [0, 0.05) is 56.4 Å². The van der Waals surface area contributed by atoms with Gasteiger partial charge in [-0.1, -0.05) is 26.0 Å². The van der Waals surface area contributed by atoms with Crippen LogP contribution in [0.1, 0.15) is 93.1 Å². The summed E-state index contributed by atoms with van der Waals surface area (Å²) in [5.41, 5.74) is 0.607. The van der Waals surface area contributed by atoms with Crippen LogP contribution >= 0.6 is 0 Å². The van der Waals surface area contributed by atoms with Gasteiger partial charge in [0.2, 0.25) is 17.7 Å². The monoisotopic (exact) mass is 531 g/mol. The van der Waals surface area contributed by atoms with Crippen molar-refractivity contribution in [3.63, 3.8) is 0 Å². The van der Waals surface area contributed by atoms with E-state index in [0.717, 1.165) is 30.5 Å². The molecule has 38 heavy (non-hydrogen) atoms. The first kappa shape index (κ1) is 27.2. The minimum atomic E-state index is -2.53. The van der Waals surface area contributed by atoms with Gasteiger partial charge in [-0.05, 0) is 61.6 Å². The number of fused-ring (bicyclic) bond motifs is 1. The molecule has 3 amide bonds. The predicted octanol–water partition coefficient (Wildman–Crippen LogP) is 3.97. The number of nitrogens with one attached hydrogen (secondary N) is 1. The van der Waals surface area contributed by atoms with Crippen LogP contribution in [0.25, 0.3) is 0 Å². The average Bonchev–Trinajstić information content (AvgIpc) is 3.22. The lowest BCUT2D eigenvalue weighted by Crippen LogP contribution is -2.58. The molecule has 5 rings (SSSR count). The Bertz CT molecular complexity index is 1110. The lowest BCUT2D eigenvalue weighted by atomic mass is 9.61. The van der Waals surface area contributed by atoms with Gasteiger partial charge in [-0.15, -0.1) is 0 Å². The van der Waals surface area contributed by atoms with E-state index in [9.17, 15) is 28.3 Å². The normalized spacial score (nSPS) is 29.9. The number of amides is 3. The summed E-state index contributed by atoms with van der Waals surface area (Å²) in [5, 5.41) is 14.6. The van der Waals surface area contributed by atoms with Crippen LogP contribution in [0.5, 0.6) is 0 Å². The molecule has 0 aromatic heterocycles. The average molecular weight is 532 g/mol. The summed E-state index contributed by atoms with van der Waals surface area (Å²) in [6, 6.07) is 4.87. The highest BCUT2D eigenvalue weighted by atomic mass is 19.3. The minimum absolute atomic E-state index is 0.0359. The fourth-order valence-electron chi connectivity index (χ4n) is 7.37. The zero-order chi connectivity index (χ0) is 27.3. The van der Waals surface area contributed by atoms with Gasteiger partial charge in [0.25, 0.3) is 5.91 Å². The van der Waals surface area contributed by atoms with Gasteiger partial charge in [-0.3, -0.25) is 19.7 Å². The number of carbonyl (C=O) groups is 3. The molecule has 0 radical (unpaired) electrons. The van der Waals surface area contributed by atoms with E-state index < -0.39 is 28.9 Å². The third-order valence-electron chi connectivity index (χ3n) is 9.90. The maximum atomic E-state index is 13.7. The summed E-state index contributed by atoms with van der Waals surface area (Å²) in [7, 11) is 0. The fraction of sp³-hybridized carbons (Fsp3) is 0.690. The summed E-state index contributed by atoms with van der Waals surface area (Å²) in [4.78, 5) is 41.0. The summed E-state index contributed by atoms with van der Waals surface area (Å²) in [5.74, 6) is -3.25. The smallest absolute Gasteiger partial charge is 0.255 e. The Hall–Kier alpha value is -2.39. The number of carbonyl (C=O) groups excluding carboxylic acids is 3. The molecule has 1 aliphatic carbocycles. The lowest BCUT2D eigenvalue weighted by molar-refractivity contribution is -0.150. The zero-order valence-corrected chi connectivity index (χ0v) is 22.4. The number of piperidine rings is 2. The maximum absolute atomic E-state index is 13.7. The molecule has 1 aromatic rings. The lowest BCUT2D eigenvalue weighted by Gasteiger charge is -2.54. The van der Waals surface area contributed by atoms with Crippen LogP contribution in [-0.4, -0.2) is 64.2 Å². The van der Waals surface area contributed by atoms with Crippen LogP contribution in [0, 0.1) is 11.3 Å². The van der Waals surface area contributed by atoms with Gasteiger partial charge in [-0.25, -0.2) is 8.78 Å². The number of aliphatic hydroxyl groups is 1. The first-order chi connectivity index (χ1) is 18.0. The topological polar surface area (TPSA) is 89.9 Å². The SMILES string of the molecule is CCC1(CC)CN(CC2CCC(F)(F)CC2)CCC1(O)c1ccc2c(c1)CN(C1CCC(=O)NC1=O)C2=O. The Morgan fingerprint density at radius 2 is 1.76 bits per heavy atom. The minimum Gasteiger partial charge on any atom is -0.384 e. The third-order valence-corrected chi connectivity index (χ3v) is 9.90. The number of benzene rings is 1. The fourth-order valence-corrected chi connectivity index (χ4v) is 7.37. The highest BCUT2D eigenvalue weighted by Gasteiger charge is 2.53. The van der Waals surface area contributed by atoms with Crippen molar-refractivity contribution in [1.82, 2.24) is 15.1 Å². The molecule has 9 heteroatoms. The van der Waals surface area contributed by atoms with Crippen LogP contribution in [0.2, 0.25) is 0 Å². The van der Waals surface area contributed by atoms with Gasteiger partial charge in [0.05, 0.1) is 5.60 Å². The van der Waals surface area contributed by atoms with Gasteiger partial charge >= 0.3 is 0 Å². The molecule has 2 saturated heterocycles. The standard InChI is InChI=1S/C29H39F2N3O4/c1-3-27(4-2)18-33(16-19-9-11-28(30,31)12-10-19)14-13-29(27,38)21-5-6-22-20(15-21)17-34(26(22)37)23-7-8-24(35)32-25(23)36/h5-6,15,19,23,38H,3-4,7-14,16-18H2,1-2H3,(H,32,35,36). The van der Waals surface area contributed by atoms with E-state index >= 15 is 0 Å². The molecule has 2 N–H and O–H groups in total. The van der Waals surface area contributed by atoms with Crippen molar-refractivity contribution < 1.29 is 28.3 Å². The van der Waals surface area contributed by atoms with Crippen LogP contribution in [0.4, 0.5) is 8.78 Å². The summed E-state index contributed by atoms with van der Waals surface area (Å²) >= 11 is 0. The second kappa shape index (κ2) is 9.97. The van der Waals surface area contributed by atoms with E-state index in [1.165, 1.54) is 4.90 Å². The highest BCUT2D eigenvalue weighted by molar-refractivity contribution is 6.05. The molecular formula is C29H39F2N3O4. The predicted molar refractivity (Wildman–Crippen MR) is 137 cm³/mol. The first-order valence-electron chi connectivity index (χ1n) is 14.1. The van der Waals surface area contributed by atoms with Crippen molar-refractivity contribution >= 4 is 17.7 Å². The molecule has 208 valence electrons. The van der Waals surface area contributed by atoms with E-state index in [2.05, 4.69) is 24.1 Å². The van der Waals surface area contributed by atoms with Crippen LogP contribution in [0.3, 0.4) is 0 Å². The van der Waals surface area contributed by atoms with Crippen LogP contribution < -0.4 is 5.32 Å². The number of halogens is 2. The second-order valence-electron chi connectivity index (χ2n) is 11.9. The van der Waals surface area contributed by atoms with Crippen molar-refractivity contribution in [3.8, 4) is 0 Å². The first-order valence-corrected chi connectivity index (χ1v) is 14.1. The second-order valence-corrected chi connectivity index (χ2v) is 11.9. The Morgan fingerprint density at radius 3 is 2.42 bits per heavy atom. The molecule has 2 atom stereocenters. The molecule has 3 heterocycles. The van der Waals surface area contributed by atoms with Crippen molar-refractivity contribution in [2.45, 2.75) is 95.7 Å². The van der Waals surface area contributed by atoms with Crippen molar-refractivity contribution in [1.29, 1.82) is 0 Å². The van der Waals surface area contributed by atoms with Gasteiger partial charge in [0.1, 0.15) is 6.04 Å². The molecular weight excluding hydrogens is 492 g/mol. The molecule has 2 unspecified atom stereocenters. The van der Waals surface area contributed by atoms with Gasteiger partial charge in [-0.2, -0.15) is 0 Å². The number of rotatable bonds is 6. The van der Waals surface area contributed by atoms with Crippen molar-refractivity contribution in [2.24, 2.45) is 11.3 Å². The Morgan fingerprint density at radius 1 is 1.05 bits per heavy atom. The molecule has 4 aliphatic rings. The highest BCUT2D eigenvalue weighted by Crippen LogP contribution is 2.51. The van der Waals surface area contributed by atoms with Crippen molar-refractivity contribution in [2.75, 3.05) is 19.6 Å². The number of nitrogens with zero attached hydrogens (tertiary/aromatic N) is 2. The summed E-state index contributed by atoms with van der Waals surface area (Å²) in [6.45, 7) is 6.63. The molecule has 7 nitrogen and oxygen atoms in total. The molecule has 0 spiro atoms. The Kier molecular flexibility index (Phi) is 7.14. The van der Waals surface area contributed by atoms with Gasteiger partial charge < -0.3 is 14.9 Å². The number of imide groups is 1. The molecule has 3 aliphatic heterocycles. The van der Waals surface area contributed by atoms with Crippen molar-refractivity contribution in [3.05, 3.63) is 34.9 Å². The van der Waals surface area contributed by atoms with Gasteiger partial charge in [0.15, 0.2) is 0 Å². The van der Waals surface area contributed by atoms with E-state index in [-0.39, 0.29) is 43.5 Å². The zero-order valence-electron chi connectivity index (χ0n) is 22.4. The largest absolute Gasteiger partial charge is 0.384 e. The maximum Gasteiger partial charge on any atom is 0.255 e.